The van der Waals surface area contributed by atoms with Gasteiger partial charge in [-0.15, -0.1) is 0 Å². The summed E-state index contributed by atoms with van der Waals surface area (Å²) in [7, 11) is 0. The fourth-order valence-corrected chi connectivity index (χ4v) is 3.81. The van der Waals surface area contributed by atoms with Crippen LogP contribution >= 0.6 is 11.6 Å². The SMILES string of the molecule is CC(C)(CO)n1cc(C(=O)c2cncc(CC(=O)Cc3ccc(Cl)cn3)c2)c2cnccc21. The van der Waals surface area contributed by atoms with Gasteiger partial charge in [-0.3, -0.25) is 24.5 Å². The molecule has 0 amide bonds. The first-order chi connectivity index (χ1) is 15.8. The number of carbonyl (C=O) groups is 2. The van der Waals surface area contributed by atoms with Gasteiger partial charge < -0.3 is 9.67 Å². The van der Waals surface area contributed by atoms with E-state index in [-0.39, 0.29) is 31.0 Å². The van der Waals surface area contributed by atoms with Gasteiger partial charge in [-0.05, 0) is 43.7 Å². The molecular formula is C25H23ClN4O3. The van der Waals surface area contributed by atoms with Gasteiger partial charge in [0, 0.05) is 72.2 Å². The molecule has 0 aliphatic rings. The lowest BCUT2D eigenvalue weighted by Gasteiger charge is -2.25. The number of aliphatic hydroxyl groups excluding tert-OH is 1. The second kappa shape index (κ2) is 9.21. The van der Waals surface area contributed by atoms with E-state index in [1.54, 1.807) is 43.0 Å². The van der Waals surface area contributed by atoms with Crippen LogP contribution in [0.5, 0.6) is 0 Å². The molecule has 0 atom stereocenters. The minimum absolute atomic E-state index is 0.0401. The van der Waals surface area contributed by atoms with E-state index in [0.717, 1.165) is 5.52 Å². The second-order valence-electron chi connectivity index (χ2n) is 8.55. The molecule has 0 saturated heterocycles. The predicted octanol–water partition coefficient (Wildman–Crippen LogP) is 3.79. The van der Waals surface area contributed by atoms with Crippen molar-refractivity contribution in [2.75, 3.05) is 6.61 Å². The highest BCUT2D eigenvalue weighted by atomic mass is 35.5. The molecule has 33 heavy (non-hydrogen) atoms. The van der Waals surface area contributed by atoms with E-state index in [9.17, 15) is 14.7 Å². The molecule has 4 heterocycles. The largest absolute Gasteiger partial charge is 0.394 e. The summed E-state index contributed by atoms with van der Waals surface area (Å²) in [6.45, 7) is 3.70. The van der Waals surface area contributed by atoms with Gasteiger partial charge in [-0.2, -0.15) is 0 Å². The highest BCUT2D eigenvalue weighted by molar-refractivity contribution is 6.30. The van der Waals surface area contributed by atoms with Crippen LogP contribution in [0.4, 0.5) is 0 Å². The average Bonchev–Trinajstić information content (AvgIpc) is 3.21. The van der Waals surface area contributed by atoms with E-state index < -0.39 is 5.54 Å². The number of hydrogen-bond acceptors (Lipinski definition) is 6. The molecule has 0 radical (unpaired) electrons. The zero-order chi connectivity index (χ0) is 23.6. The summed E-state index contributed by atoms with van der Waals surface area (Å²) in [5.74, 6) is -0.261. The number of hydrogen-bond donors (Lipinski definition) is 1. The first-order valence-electron chi connectivity index (χ1n) is 10.5. The van der Waals surface area contributed by atoms with Crippen molar-refractivity contribution in [3.05, 3.63) is 88.9 Å². The van der Waals surface area contributed by atoms with Gasteiger partial charge in [0.2, 0.25) is 0 Å². The molecule has 168 valence electrons. The fraction of sp³-hybridized carbons (Fsp3) is 0.240. The van der Waals surface area contributed by atoms with Crippen molar-refractivity contribution in [1.29, 1.82) is 0 Å². The number of Topliss-reactive ketones (excluding diaryl/α,β-unsaturated/α-hetero) is 1. The van der Waals surface area contributed by atoms with Crippen LogP contribution in [0.25, 0.3) is 10.9 Å². The lowest BCUT2D eigenvalue weighted by molar-refractivity contribution is -0.117. The number of rotatable bonds is 8. The van der Waals surface area contributed by atoms with Crippen molar-refractivity contribution in [3.8, 4) is 0 Å². The summed E-state index contributed by atoms with van der Waals surface area (Å²) < 4.78 is 1.89. The third-order valence-corrected chi connectivity index (χ3v) is 5.74. The quantitative estimate of drug-likeness (QED) is 0.400. The molecular weight excluding hydrogens is 440 g/mol. The van der Waals surface area contributed by atoms with Gasteiger partial charge in [0.05, 0.1) is 22.7 Å². The summed E-state index contributed by atoms with van der Waals surface area (Å²) in [5.41, 5.74) is 2.35. The monoisotopic (exact) mass is 462 g/mol. The number of aliphatic hydroxyl groups is 1. The molecule has 8 heteroatoms. The number of aromatic nitrogens is 4. The number of ketones is 2. The number of carbonyl (C=O) groups excluding carboxylic acids is 2. The summed E-state index contributed by atoms with van der Waals surface area (Å²) in [6.07, 6.45) is 9.95. The van der Waals surface area contributed by atoms with Crippen molar-refractivity contribution in [2.24, 2.45) is 0 Å². The molecule has 0 aliphatic carbocycles. The number of pyridine rings is 3. The van der Waals surface area contributed by atoms with E-state index in [2.05, 4.69) is 15.0 Å². The van der Waals surface area contributed by atoms with E-state index in [0.29, 0.717) is 32.8 Å². The second-order valence-corrected chi connectivity index (χ2v) is 8.98. The maximum atomic E-state index is 13.4. The van der Waals surface area contributed by atoms with Crippen LogP contribution in [0.1, 0.15) is 41.0 Å². The zero-order valence-corrected chi connectivity index (χ0v) is 19.1. The molecule has 4 aromatic rings. The minimum Gasteiger partial charge on any atom is -0.394 e. The van der Waals surface area contributed by atoms with E-state index in [4.69, 9.17) is 11.6 Å². The Hall–Kier alpha value is -3.42. The van der Waals surface area contributed by atoms with E-state index in [1.807, 2.05) is 24.5 Å². The minimum atomic E-state index is -0.597. The van der Waals surface area contributed by atoms with Crippen LogP contribution in [-0.2, 0) is 23.2 Å². The molecule has 0 saturated carbocycles. The maximum absolute atomic E-state index is 13.4. The molecule has 0 aliphatic heterocycles. The van der Waals surface area contributed by atoms with Gasteiger partial charge in [0.25, 0.3) is 0 Å². The summed E-state index contributed by atoms with van der Waals surface area (Å²) in [5, 5.41) is 11.0. The number of nitrogens with zero attached hydrogens (tertiary/aromatic N) is 4. The molecule has 0 spiro atoms. The van der Waals surface area contributed by atoms with Gasteiger partial charge in [-0.25, -0.2) is 0 Å². The highest BCUT2D eigenvalue weighted by Gasteiger charge is 2.25. The van der Waals surface area contributed by atoms with E-state index >= 15 is 0 Å². The van der Waals surface area contributed by atoms with Crippen molar-refractivity contribution in [1.82, 2.24) is 19.5 Å². The van der Waals surface area contributed by atoms with Gasteiger partial charge >= 0.3 is 0 Å². The summed E-state index contributed by atoms with van der Waals surface area (Å²) in [4.78, 5) is 38.4. The topological polar surface area (TPSA) is 98.0 Å². The average molecular weight is 463 g/mol. The lowest BCUT2D eigenvalue weighted by Crippen LogP contribution is -2.29. The molecule has 4 aromatic heterocycles. The zero-order valence-electron chi connectivity index (χ0n) is 18.3. The van der Waals surface area contributed by atoms with Crippen LogP contribution < -0.4 is 0 Å². The van der Waals surface area contributed by atoms with Crippen LogP contribution in [-0.4, -0.2) is 42.8 Å². The lowest BCUT2D eigenvalue weighted by atomic mass is 10.0. The first kappa shape index (κ1) is 22.8. The predicted molar refractivity (Wildman–Crippen MR) is 125 cm³/mol. The van der Waals surface area contributed by atoms with Gasteiger partial charge in [0.15, 0.2) is 5.78 Å². The Kier molecular flexibility index (Phi) is 6.35. The van der Waals surface area contributed by atoms with Crippen LogP contribution in [0.15, 0.2) is 61.4 Å². The standard InChI is InChI=1S/C25H23ClN4O3/c1-25(2,15-31)30-14-22(21-13-27-6-5-23(21)30)24(33)17-7-16(10-28-11-17)8-20(32)9-19-4-3-18(26)12-29-19/h3-7,10-14,31H,8-9,15H2,1-2H3. The molecule has 0 bridgehead atoms. The summed E-state index contributed by atoms with van der Waals surface area (Å²) in [6, 6.07) is 6.93. The Morgan fingerprint density at radius 1 is 1.06 bits per heavy atom. The van der Waals surface area contributed by atoms with Crippen LogP contribution in [0, 0.1) is 0 Å². The smallest absolute Gasteiger partial charge is 0.196 e. The third-order valence-electron chi connectivity index (χ3n) is 5.51. The molecule has 0 fully saturated rings. The highest BCUT2D eigenvalue weighted by Crippen LogP contribution is 2.28. The molecule has 7 nitrogen and oxygen atoms in total. The Balaban J connectivity index is 1.60. The third kappa shape index (κ3) is 4.84. The van der Waals surface area contributed by atoms with Crippen molar-refractivity contribution in [2.45, 2.75) is 32.2 Å². The van der Waals surface area contributed by atoms with Crippen molar-refractivity contribution < 1.29 is 14.7 Å². The van der Waals surface area contributed by atoms with Crippen molar-refractivity contribution >= 4 is 34.1 Å². The van der Waals surface area contributed by atoms with E-state index in [1.165, 1.54) is 12.4 Å². The first-order valence-corrected chi connectivity index (χ1v) is 10.8. The Morgan fingerprint density at radius 3 is 2.61 bits per heavy atom. The number of fused-ring (bicyclic) bond motifs is 1. The van der Waals surface area contributed by atoms with Crippen molar-refractivity contribution in [3.63, 3.8) is 0 Å². The fourth-order valence-electron chi connectivity index (χ4n) is 3.70. The Morgan fingerprint density at radius 2 is 1.88 bits per heavy atom. The molecule has 0 aromatic carbocycles. The van der Waals surface area contributed by atoms with Crippen LogP contribution in [0.2, 0.25) is 5.02 Å². The number of halogens is 1. The maximum Gasteiger partial charge on any atom is 0.196 e. The summed E-state index contributed by atoms with van der Waals surface area (Å²) >= 11 is 5.84. The Bertz CT molecular complexity index is 1330. The molecule has 1 N–H and O–H groups in total. The van der Waals surface area contributed by atoms with Gasteiger partial charge in [-0.1, -0.05) is 11.6 Å². The Labute approximate surface area is 196 Å². The molecule has 0 unspecified atom stereocenters. The van der Waals surface area contributed by atoms with Crippen LogP contribution in [0.3, 0.4) is 0 Å². The van der Waals surface area contributed by atoms with Gasteiger partial charge in [0.1, 0.15) is 5.78 Å². The molecule has 4 rings (SSSR count). The normalized spacial score (nSPS) is 11.6.